The molecule has 0 saturated heterocycles. The fourth-order valence-corrected chi connectivity index (χ4v) is 5.04. The number of carbonyl (C=O) groups is 2. The second kappa shape index (κ2) is 8.63. The van der Waals surface area contributed by atoms with E-state index in [1.807, 2.05) is 58.2 Å². The molecule has 0 bridgehead atoms. The molecule has 3 aromatic rings. The summed E-state index contributed by atoms with van der Waals surface area (Å²) < 4.78 is 1.80. The van der Waals surface area contributed by atoms with Crippen molar-refractivity contribution >= 4 is 39.1 Å². The second-order valence-corrected chi connectivity index (χ2v) is 8.93. The summed E-state index contributed by atoms with van der Waals surface area (Å²) in [6.07, 6.45) is 1.27. The summed E-state index contributed by atoms with van der Waals surface area (Å²) in [5.74, 6) is -0.376. The van der Waals surface area contributed by atoms with Crippen molar-refractivity contribution in [2.45, 2.75) is 40.2 Å². The number of hydrazone groups is 1. The van der Waals surface area contributed by atoms with Crippen LogP contribution in [0.15, 0.2) is 35.4 Å². The number of nitrogens with zero attached hydrogens (tertiary/aromatic N) is 4. The van der Waals surface area contributed by atoms with E-state index in [4.69, 9.17) is 0 Å². The topological polar surface area (TPSA) is 79.6 Å². The van der Waals surface area contributed by atoms with Crippen LogP contribution in [-0.2, 0) is 18.4 Å². The van der Waals surface area contributed by atoms with Gasteiger partial charge in [0.25, 0.3) is 11.8 Å². The molecule has 4 rings (SSSR count). The molecule has 3 heterocycles. The van der Waals surface area contributed by atoms with Gasteiger partial charge in [-0.1, -0.05) is 31.2 Å². The molecule has 1 N–H and O–H groups in total. The summed E-state index contributed by atoms with van der Waals surface area (Å²) in [7, 11) is 1.88. The number of amides is 2. The Morgan fingerprint density at radius 3 is 2.74 bits per heavy atom. The van der Waals surface area contributed by atoms with Crippen LogP contribution in [0.25, 0.3) is 10.2 Å². The van der Waals surface area contributed by atoms with E-state index in [1.165, 1.54) is 11.3 Å². The number of hydrogen-bond donors (Lipinski definition) is 1. The third-order valence-electron chi connectivity index (χ3n) is 5.79. The van der Waals surface area contributed by atoms with Crippen LogP contribution in [0.2, 0.25) is 0 Å². The highest BCUT2D eigenvalue weighted by molar-refractivity contribution is 7.20. The van der Waals surface area contributed by atoms with Crippen LogP contribution in [0.3, 0.4) is 0 Å². The SMILES string of the molecule is CCC1=NN(Cc2ccccc2C)C(=O)C1CCNC(=O)c1cc2c(C)nn(C)c2s1. The number of rotatable bonds is 7. The van der Waals surface area contributed by atoms with Gasteiger partial charge in [0, 0.05) is 19.0 Å². The first-order valence-corrected chi connectivity index (χ1v) is 11.3. The van der Waals surface area contributed by atoms with Crippen molar-refractivity contribution < 1.29 is 9.59 Å². The summed E-state index contributed by atoms with van der Waals surface area (Å²) in [4.78, 5) is 27.3. The third-order valence-corrected chi connectivity index (χ3v) is 6.99. The molecule has 1 aromatic carbocycles. The normalized spacial score (nSPS) is 16.3. The number of fused-ring (bicyclic) bond motifs is 1. The van der Waals surface area contributed by atoms with Gasteiger partial charge in [-0.2, -0.15) is 10.2 Å². The number of nitrogens with one attached hydrogen (secondary N) is 1. The lowest BCUT2D eigenvalue weighted by Crippen LogP contribution is -2.32. The third kappa shape index (κ3) is 4.12. The molecule has 0 radical (unpaired) electrons. The molecule has 162 valence electrons. The lowest BCUT2D eigenvalue weighted by atomic mass is 9.97. The van der Waals surface area contributed by atoms with Crippen molar-refractivity contribution in [3.8, 4) is 0 Å². The first-order chi connectivity index (χ1) is 14.9. The average Bonchev–Trinajstić information content (AvgIpc) is 3.39. The van der Waals surface area contributed by atoms with Crippen molar-refractivity contribution in [2.75, 3.05) is 6.54 Å². The van der Waals surface area contributed by atoms with Gasteiger partial charge in [0.1, 0.15) is 4.83 Å². The van der Waals surface area contributed by atoms with E-state index < -0.39 is 0 Å². The van der Waals surface area contributed by atoms with Crippen molar-refractivity contribution in [2.24, 2.45) is 18.1 Å². The number of hydrogen-bond acceptors (Lipinski definition) is 5. The van der Waals surface area contributed by atoms with Gasteiger partial charge in [0.15, 0.2) is 0 Å². The highest BCUT2D eigenvalue weighted by atomic mass is 32.1. The van der Waals surface area contributed by atoms with Gasteiger partial charge in [-0.25, -0.2) is 5.01 Å². The molecule has 31 heavy (non-hydrogen) atoms. The Balaban J connectivity index is 1.37. The molecule has 7 nitrogen and oxygen atoms in total. The molecular formula is C23H27N5O2S. The van der Waals surface area contributed by atoms with E-state index in [0.29, 0.717) is 24.4 Å². The first kappa shape index (κ1) is 21.2. The van der Waals surface area contributed by atoms with Crippen LogP contribution in [0.1, 0.15) is 46.3 Å². The highest BCUT2D eigenvalue weighted by Crippen LogP contribution is 2.28. The van der Waals surface area contributed by atoms with Crippen LogP contribution in [-0.4, -0.2) is 38.9 Å². The zero-order valence-corrected chi connectivity index (χ0v) is 19.1. The Kier molecular flexibility index (Phi) is 5.91. The standard InChI is InChI=1S/C23H27N5O2S/c1-5-19-17(22(30)28(26-19)13-16-9-7-6-8-14(16)2)10-11-24-21(29)20-12-18-15(3)25-27(4)23(18)31-20/h6-9,12,17H,5,10-11,13H2,1-4H3,(H,24,29). The van der Waals surface area contributed by atoms with Gasteiger partial charge in [-0.3, -0.25) is 14.3 Å². The lowest BCUT2D eigenvalue weighted by molar-refractivity contribution is -0.132. The minimum absolute atomic E-state index is 0.0120. The molecule has 0 aliphatic carbocycles. The zero-order chi connectivity index (χ0) is 22.1. The minimum atomic E-state index is -0.275. The minimum Gasteiger partial charge on any atom is -0.351 e. The van der Waals surface area contributed by atoms with Gasteiger partial charge in [0.2, 0.25) is 0 Å². The maximum atomic E-state index is 13.0. The number of carbonyl (C=O) groups excluding carboxylic acids is 2. The number of benzene rings is 1. The molecular weight excluding hydrogens is 410 g/mol. The van der Waals surface area contributed by atoms with Crippen LogP contribution in [0, 0.1) is 19.8 Å². The van der Waals surface area contributed by atoms with E-state index in [0.717, 1.165) is 39.2 Å². The first-order valence-electron chi connectivity index (χ1n) is 10.5. The molecule has 8 heteroatoms. The smallest absolute Gasteiger partial charge is 0.261 e. The van der Waals surface area contributed by atoms with Gasteiger partial charge in [0.05, 0.1) is 28.7 Å². The van der Waals surface area contributed by atoms with E-state index in [2.05, 4.69) is 15.5 Å². The van der Waals surface area contributed by atoms with Gasteiger partial charge < -0.3 is 5.32 Å². The Morgan fingerprint density at radius 2 is 2.03 bits per heavy atom. The van der Waals surface area contributed by atoms with Crippen LogP contribution < -0.4 is 5.32 Å². The molecule has 1 unspecified atom stereocenters. The van der Waals surface area contributed by atoms with Crippen molar-refractivity contribution in [3.05, 3.63) is 52.0 Å². The lowest BCUT2D eigenvalue weighted by Gasteiger charge is -2.16. The van der Waals surface area contributed by atoms with Crippen molar-refractivity contribution in [1.29, 1.82) is 0 Å². The molecule has 2 aromatic heterocycles. The zero-order valence-electron chi connectivity index (χ0n) is 18.3. The van der Waals surface area contributed by atoms with Gasteiger partial charge in [-0.15, -0.1) is 11.3 Å². The number of aromatic nitrogens is 2. The predicted octanol–water partition coefficient (Wildman–Crippen LogP) is 3.80. The number of thiophene rings is 1. The van der Waals surface area contributed by atoms with E-state index in [9.17, 15) is 9.59 Å². The summed E-state index contributed by atoms with van der Waals surface area (Å²) in [5, 5.41) is 14.5. The molecule has 2 amide bonds. The quantitative estimate of drug-likeness (QED) is 0.611. The number of aryl methyl sites for hydroxylation is 3. The monoisotopic (exact) mass is 437 g/mol. The average molecular weight is 438 g/mol. The van der Waals surface area contributed by atoms with Crippen molar-refractivity contribution in [1.82, 2.24) is 20.1 Å². The summed E-state index contributed by atoms with van der Waals surface area (Å²) in [6, 6.07) is 9.93. The maximum Gasteiger partial charge on any atom is 0.261 e. The van der Waals surface area contributed by atoms with E-state index in [-0.39, 0.29) is 17.7 Å². The summed E-state index contributed by atoms with van der Waals surface area (Å²) in [5.41, 5.74) is 4.05. The summed E-state index contributed by atoms with van der Waals surface area (Å²) in [6.45, 7) is 6.91. The molecule has 1 atom stereocenters. The Morgan fingerprint density at radius 1 is 1.26 bits per heavy atom. The Bertz CT molecular complexity index is 1140. The van der Waals surface area contributed by atoms with Crippen molar-refractivity contribution in [3.63, 3.8) is 0 Å². The highest BCUT2D eigenvalue weighted by Gasteiger charge is 2.34. The van der Waals surface area contributed by atoms with Crippen LogP contribution in [0.4, 0.5) is 0 Å². The molecule has 1 aliphatic rings. The maximum absolute atomic E-state index is 13.0. The van der Waals surface area contributed by atoms with Gasteiger partial charge in [-0.05, 0) is 43.9 Å². The molecule has 0 saturated carbocycles. The van der Waals surface area contributed by atoms with E-state index >= 15 is 0 Å². The second-order valence-electron chi connectivity index (χ2n) is 7.90. The molecule has 0 fully saturated rings. The van der Waals surface area contributed by atoms with Crippen LogP contribution in [0.5, 0.6) is 0 Å². The predicted molar refractivity (Wildman–Crippen MR) is 123 cm³/mol. The molecule has 0 spiro atoms. The fraction of sp³-hybridized carbons (Fsp3) is 0.391. The fourth-order valence-electron chi connectivity index (χ4n) is 4.00. The molecule has 1 aliphatic heterocycles. The Hall–Kier alpha value is -3.00. The summed E-state index contributed by atoms with van der Waals surface area (Å²) >= 11 is 1.43. The Labute approximate surface area is 185 Å². The van der Waals surface area contributed by atoms with E-state index in [1.54, 1.807) is 9.69 Å². The van der Waals surface area contributed by atoms with Gasteiger partial charge >= 0.3 is 0 Å². The van der Waals surface area contributed by atoms with Crippen LogP contribution >= 0.6 is 11.3 Å². The largest absolute Gasteiger partial charge is 0.351 e.